The normalized spacial score (nSPS) is 15.7. The average molecular weight is 829 g/mol. The molecule has 2 heterocycles. The first-order chi connectivity index (χ1) is 28.6. The monoisotopic (exact) mass is 828 g/mol. The van der Waals surface area contributed by atoms with Crippen LogP contribution in [0.1, 0.15) is 59.6 Å². The zero-order valence-corrected chi connectivity index (χ0v) is 33.7. The number of anilines is 2. The third-order valence-electron chi connectivity index (χ3n) is 8.54. The van der Waals surface area contributed by atoms with Crippen LogP contribution in [-0.2, 0) is 16.0 Å². The van der Waals surface area contributed by atoms with Gasteiger partial charge in [-0.2, -0.15) is 10.5 Å². The van der Waals surface area contributed by atoms with Crippen molar-refractivity contribution in [2.45, 2.75) is 32.6 Å². The highest BCUT2D eigenvalue weighted by atomic mass is 32.2. The molecular weight excluding hydrogens is 789 g/mol. The Balaban J connectivity index is 1.01. The lowest BCUT2D eigenvalue weighted by Gasteiger charge is -2.19. The number of guanidine groups is 2. The summed E-state index contributed by atoms with van der Waals surface area (Å²) in [5.41, 5.74) is 16.5. The lowest BCUT2D eigenvalue weighted by Crippen LogP contribution is -2.39. The van der Waals surface area contributed by atoms with Crippen LogP contribution in [0.25, 0.3) is 0 Å². The minimum absolute atomic E-state index is 0.0199. The van der Waals surface area contributed by atoms with Crippen molar-refractivity contribution < 1.29 is 19.1 Å². The fraction of sp³-hybridized carbons (Fsp3) is 0.220. The molecule has 0 radical (unpaired) electrons. The first-order valence-corrected chi connectivity index (χ1v) is 20.3. The number of nitrogens with zero attached hydrogens (tertiary/aromatic N) is 6. The van der Waals surface area contributed by atoms with Crippen molar-refractivity contribution >= 4 is 69.0 Å². The van der Waals surface area contributed by atoms with Crippen molar-refractivity contribution in [1.82, 2.24) is 10.6 Å². The zero-order chi connectivity index (χ0) is 41.7. The van der Waals surface area contributed by atoms with Gasteiger partial charge in [-0.15, -0.1) is 0 Å². The summed E-state index contributed by atoms with van der Waals surface area (Å²) in [4.78, 5) is 43.7. The maximum atomic E-state index is 12.9. The van der Waals surface area contributed by atoms with Crippen molar-refractivity contribution in [2.24, 2.45) is 31.4 Å². The molecule has 2 amide bonds. The molecule has 8 N–H and O–H groups in total. The van der Waals surface area contributed by atoms with Crippen LogP contribution in [0.3, 0.4) is 0 Å². The fourth-order valence-electron chi connectivity index (χ4n) is 5.83. The molecule has 0 saturated carbocycles. The summed E-state index contributed by atoms with van der Waals surface area (Å²) in [5.74, 6) is 1.26. The molecule has 16 nitrogen and oxygen atoms in total. The second-order valence-electron chi connectivity index (χ2n) is 12.7. The van der Waals surface area contributed by atoms with E-state index < -0.39 is 12.3 Å². The van der Waals surface area contributed by atoms with Gasteiger partial charge in [0.2, 0.25) is 11.8 Å². The maximum absolute atomic E-state index is 12.9. The lowest BCUT2D eigenvalue weighted by atomic mass is 9.96. The van der Waals surface area contributed by atoms with E-state index in [2.05, 4.69) is 53.4 Å². The zero-order valence-electron chi connectivity index (χ0n) is 32.1. The number of hydrogen-bond donors (Lipinski definition) is 6. The van der Waals surface area contributed by atoms with Gasteiger partial charge in [-0.25, -0.2) is 20.0 Å². The maximum Gasteiger partial charge on any atom is 0.234 e. The van der Waals surface area contributed by atoms with Gasteiger partial charge in [0.25, 0.3) is 0 Å². The topological polar surface area (TPSA) is 250 Å². The molecule has 6 rings (SSSR count). The Morgan fingerprint density at radius 2 is 1.07 bits per heavy atom. The van der Waals surface area contributed by atoms with Crippen LogP contribution >= 0.6 is 23.5 Å². The molecule has 2 atom stereocenters. The number of carbonyl (C=O) groups excluding carboxylic acids is 2. The summed E-state index contributed by atoms with van der Waals surface area (Å²) < 4.78 is 11.0. The van der Waals surface area contributed by atoms with Gasteiger partial charge in [0.15, 0.2) is 34.6 Å². The van der Waals surface area contributed by atoms with Crippen molar-refractivity contribution in [3.8, 4) is 23.6 Å². The Bertz CT molecular complexity index is 2240. The molecule has 0 aromatic heterocycles. The quantitative estimate of drug-likeness (QED) is 0.0971. The number of nitrogens with one attached hydrogen (secondary N) is 4. The molecule has 59 heavy (non-hydrogen) atoms. The van der Waals surface area contributed by atoms with E-state index in [9.17, 15) is 20.1 Å². The van der Waals surface area contributed by atoms with E-state index in [1.807, 2.05) is 62.4 Å². The van der Waals surface area contributed by atoms with E-state index in [4.69, 9.17) is 20.9 Å². The van der Waals surface area contributed by atoms with Crippen LogP contribution in [-0.4, -0.2) is 58.8 Å². The number of rotatable bonds is 14. The minimum atomic E-state index is -0.564. The van der Waals surface area contributed by atoms with Crippen molar-refractivity contribution in [1.29, 1.82) is 10.5 Å². The number of benzene rings is 4. The molecule has 0 fully saturated rings. The molecule has 18 heteroatoms. The van der Waals surface area contributed by atoms with Gasteiger partial charge in [-0.1, -0.05) is 59.9 Å². The van der Waals surface area contributed by atoms with Crippen molar-refractivity contribution in [3.05, 3.63) is 118 Å². The predicted octanol–water partition coefficient (Wildman–Crippen LogP) is 5.11. The number of nitriles is 2. The van der Waals surface area contributed by atoms with E-state index in [0.29, 0.717) is 57.2 Å². The van der Waals surface area contributed by atoms with Gasteiger partial charge < -0.3 is 42.2 Å². The summed E-state index contributed by atoms with van der Waals surface area (Å²) >= 11 is 2.34. The largest absolute Gasteiger partial charge is 0.494 e. The van der Waals surface area contributed by atoms with Gasteiger partial charge in [0.05, 0.1) is 48.0 Å². The van der Waals surface area contributed by atoms with Gasteiger partial charge in [-0.05, 0) is 84.6 Å². The van der Waals surface area contributed by atoms with Crippen LogP contribution in [0.15, 0.2) is 105 Å². The van der Waals surface area contributed by atoms with Crippen LogP contribution in [0.2, 0.25) is 0 Å². The Hall–Kier alpha value is -7.02. The van der Waals surface area contributed by atoms with Gasteiger partial charge in [-0.3, -0.25) is 9.59 Å². The second-order valence-corrected chi connectivity index (χ2v) is 14.6. The molecule has 0 unspecified atom stereocenters. The molecule has 4 aromatic carbocycles. The van der Waals surface area contributed by atoms with E-state index in [-0.39, 0.29) is 41.7 Å². The number of ether oxygens (including phenoxy) is 2. The SMILES string of the molecule is CCOc1ccc([C@H]2N=C(N)NC(SCC(=O)Nc3ccc(Cc4ccc(NC(=O)CSC5=N[C@@H](c6ccc(OCC)cc6)N=C(N)N5)cc4C#N)c(C#N)c3)=N2)cc1. The number of hydrogen-bond acceptors (Lipinski definition) is 16. The lowest BCUT2D eigenvalue weighted by molar-refractivity contribution is -0.114. The standard InChI is InChI=1S/C41H40N12O4S2/c1-3-56-32-13-7-24(8-14-32)36-48-38(44)52-40(50-36)58-22-34(54)46-30-11-5-26(28(18-30)20-42)17-27-6-12-31(19-29(27)21-43)47-35(55)23-59-41-51-37(49-39(45)53-41)25-9-15-33(16-10-25)57-4-2/h5-16,18-19,36-37H,3-4,17,22-23H2,1-2H3,(H,46,54)(H,47,55)(H3,44,48,50,52)(H3,45,49,51,53)/t36-,37-/m0/s1. The molecule has 0 aliphatic carbocycles. The van der Waals surface area contributed by atoms with Gasteiger partial charge in [0.1, 0.15) is 11.5 Å². The molecule has 0 spiro atoms. The molecule has 4 aromatic rings. The highest BCUT2D eigenvalue weighted by molar-refractivity contribution is 8.14. The summed E-state index contributed by atoms with van der Waals surface area (Å²) in [6, 6.07) is 29.2. The second kappa shape index (κ2) is 19.9. The van der Waals surface area contributed by atoms with Crippen LogP contribution in [0.5, 0.6) is 11.5 Å². The number of carbonyl (C=O) groups is 2. The third kappa shape index (κ3) is 11.5. The summed E-state index contributed by atoms with van der Waals surface area (Å²) in [6.45, 7) is 4.94. The highest BCUT2D eigenvalue weighted by Crippen LogP contribution is 2.28. The minimum Gasteiger partial charge on any atom is -0.494 e. The van der Waals surface area contributed by atoms with E-state index in [1.165, 1.54) is 23.5 Å². The number of amidine groups is 2. The summed E-state index contributed by atoms with van der Waals surface area (Å²) in [7, 11) is 0. The van der Waals surface area contributed by atoms with E-state index in [0.717, 1.165) is 22.6 Å². The van der Waals surface area contributed by atoms with Crippen LogP contribution < -0.4 is 42.2 Å². The third-order valence-corrected chi connectivity index (χ3v) is 10.3. The Morgan fingerprint density at radius 3 is 1.44 bits per heavy atom. The highest BCUT2D eigenvalue weighted by Gasteiger charge is 2.20. The van der Waals surface area contributed by atoms with Crippen molar-refractivity contribution in [2.75, 3.05) is 35.4 Å². The fourth-order valence-corrected chi connectivity index (χ4v) is 7.22. The first kappa shape index (κ1) is 41.6. The van der Waals surface area contributed by atoms with E-state index in [1.54, 1.807) is 36.4 Å². The Kier molecular flexibility index (Phi) is 14.0. The molecule has 2 aliphatic rings. The summed E-state index contributed by atoms with van der Waals surface area (Å²) in [5, 5.41) is 32.3. The van der Waals surface area contributed by atoms with E-state index >= 15 is 0 Å². The van der Waals surface area contributed by atoms with Gasteiger partial charge >= 0.3 is 0 Å². The molecule has 0 saturated heterocycles. The number of thioether (sulfide) groups is 2. The molecule has 2 aliphatic heterocycles. The molecule has 300 valence electrons. The Morgan fingerprint density at radius 1 is 0.661 bits per heavy atom. The summed E-state index contributed by atoms with van der Waals surface area (Å²) in [6.07, 6.45) is -0.856. The number of amides is 2. The molecule has 0 bridgehead atoms. The first-order valence-electron chi connectivity index (χ1n) is 18.4. The number of nitrogens with two attached hydrogens (primary N) is 2. The van der Waals surface area contributed by atoms with Crippen LogP contribution in [0.4, 0.5) is 11.4 Å². The number of aliphatic imine (C=N–C) groups is 4. The van der Waals surface area contributed by atoms with Crippen LogP contribution in [0, 0.1) is 22.7 Å². The molecular formula is C41H40N12O4S2. The van der Waals surface area contributed by atoms with Gasteiger partial charge in [0, 0.05) is 17.8 Å². The average Bonchev–Trinajstić information content (AvgIpc) is 3.23. The smallest absolute Gasteiger partial charge is 0.234 e. The predicted molar refractivity (Wildman–Crippen MR) is 232 cm³/mol. The van der Waals surface area contributed by atoms with Crippen molar-refractivity contribution in [3.63, 3.8) is 0 Å². The Labute approximate surface area is 349 Å².